The van der Waals surface area contributed by atoms with Crippen molar-refractivity contribution < 1.29 is 27.7 Å². The molecule has 4 rings (SSSR count). The van der Waals surface area contributed by atoms with Crippen LogP contribution in [0.4, 0.5) is 10.8 Å². The largest absolute Gasteiger partial charge is 0.455 e. The lowest BCUT2D eigenvalue weighted by molar-refractivity contribution is -0.384. The number of esters is 1. The molecule has 1 aliphatic heterocycles. The Hall–Kier alpha value is -3.20. The number of nitrogens with one attached hydrogen (secondary N) is 1. The molecule has 3 aromatic rings. The second-order valence-corrected chi connectivity index (χ2v) is 11.6. The van der Waals surface area contributed by atoms with Gasteiger partial charge in [-0.3, -0.25) is 25.0 Å². The molecule has 0 radical (unpaired) electrons. The van der Waals surface area contributed by atoms with E-state index in [4.69, 9.17) is 4.74 Å². The number of nitrogens with zero attached hydrogens (tertiary/aromatic N) is 3. The van der Waals surface area contributed by atoms with Gasteiger partial charge in [-0.25, -0.2) is 13.4 Å². The lowest BCUT2D eigenvalue weighted by atomic mass is 9.98. The van der Waals surface area contributed by atoms with E-state index in [1.165, 1.54) is 16.4 Å². The zero-order valence-corrected chi connectivity index (χ0v) is 20.6. The van der Waals surface area contributed by atoms with E-state index in [1.807, 2.05) is 0 Å². The molecular weight excluding hydrogens is 516 g/mol. The zero-order chi connectivity index (χ0) is 25.0. The molecule has 1 aromatic carbocycles. The number of hydrogen-bond donors (Lipinski definition) is 1. The molecule has 35 heavy (non-hydrogen) atoms. The molecule has 1 aliphatic rings. The van der Waals surface area contributed by atoms with Crippen molar-refractivity contribution in [2.75, 3.05) is 25.0 Å². The summed E-state index contributed by atoms with van der Waals surface area (Å²) in [5.74, 6) is -1.61. The van der Waals surface area contributed by atoms with Gasteiger partial charge in [0, 0.05) is 36.2 Å². The predicted molar refractivity (Wildman–Crippen MR) is 130 cm³/mol. The van der Waals surface area contributed by atoms with Crippen LogP contribution in [-0.4, -0.2) is 54.2 Å². The third-order valence-electron chi connectivity index (χ3n) is 5.33. The number of carbonyl (C=O) groups is 2. The molecule has 1 amide bonds. The van der Waals surface area contributed by atoms with Gasteiger partial charge >= 0.3 is 5.97 Å². The minimum Gasteiger partial charge on any atom is -0.455 e. The number of hydrogen-bond acceptors (Lipinski definition) is 10. The summed E-state index contributed by atoms with van der Waals surface area (Å²) in [6.07, 6.45) is 0.619. The van der Waals surface area contributed by atoms with Crippen LogP contribution in [0.25, 0.3) is 11.3 Å². The Labute approximate surface area is 208 Å². The normalized spacial score (nSPS) is 15.0. The summed E-state index contributed by atoms with van der Waals surface area (Å²) < 4.78 is 31.9. The molecular formula is C21H20N4O7S3. The SMILES string of the molecule is O=C(COC(=O)C1CCN(S(=O)(=O)c2cccs2)CC1)Nc1nc(-c2cccc([N+](=O)[O-])c2)cs1. The van der Waals surface area contributed by atoms with Crippen LogP contribution in [-0.2, 0) is 24.3 Å². The Morgan fingerprint density at radius 1 is 1.20 bits per heavy atom. The average molecular weight is 537 g/mol. The van der Waals surface area contributed by atoms with E-state index in [9.17, 15) is 28.1 Å². The van der Waals surface area contributed by atoms with Gasteiger partial charge in [-0.1, -0.05) is 18.2 Å². The number of nitro benzene ring substituents is 1. The number of ether oxygens (including phenoxy) is 1. The van der Waals surface area contributed by atoms with Crippen molar-refractivity contribution in [2.45, 2.75) is 17.1 Å². The lowest BCUT2D eigenvalue weighted by Crippen LogP contribution is -2.40. The van der Waals surface area contributed by atoms with Crippen molar-refractivity contribution in [3.8, 4) is 11.3 Å². The van der Waals surface area contributed by atoms with Gasteiger partial charge in [-0.05, 0) is 24.3 Å². The van der Waals surface area contributed by atoms with Crippen LogP contribution < -0.4 is 5.32 Å². The van der Waals surface area contributed by atoms with Gasteiger partial charge in [0.25, 0.3) is 21.6 Å². The number of carbonyl (C=O) groups excluding carboxylic acids is 2. The van der Waals surface area contributed by atoms with E-state index in [-0.39, 0.29) is 28.1 Å². The fraction of sp³-hybridized carbons (Fsp3) is 0.286. The third kappa shape index (κ3) is 5.90. The summed E-state index contributed by atoms with van der Waals surface area (Å²) >= 11 is 2.28. The molecule has 1 N–H and O–H groups in total. The Bertz CT molecular complexity index is 1330. The first-order valence-electron chi connectivity index (χ1n) is 10.4. The van der Waals surface area contributed by atoms with Crippen LogP contribution >= 0.6 is 22.7 Å². The number of benzene rings is 1. The summed E-state index contributed by atoms with van der Waals surface area (Å²) in [6.45, 7) is -0.101. The van der Waals surface area contributed by atoms with Crippen molar-refractivity contribution >= 4 is 55.4 Å². The highest BCUT2D eigenvalue weighted by Crippen LogP contribution is 2.28. The number of rotatable bonds is 8. The summed E-state index contributed by atoms with van der Waals surface area (Å²) in [4.78, 5) is 39.3. The second-order valence-electron chi connectivity index (χ2n) is 7.61. The van der Waals surface area contributed by atoms with Gasteiger partial charge in [0.15, 0.2) is 11.7 Å². The second kappa shape index (κ2) is 10.6. The van der Waals surface area contributed by atoms with Crippen molar-refractivity contribution in [2.24, 2.45) is 5.92 Å². The zero-order valence-electron chi connectivity index (χ0n) is 18.2. The maximum absolute atomic E-state index is 12.6. The van der Waals surface area contributed by atoms with Gasteiger partial charge in [0.2, 0.25) is 0 Å². The molecule has 184 valence electrons. The number of thiophene rings is 1. The number of nitro groups is 1. The van der Waals surface area contributed by atoms with Crippen LogP contribution in [0.5, 0.6) is 0 Å². The highest BCUT2D eigenvalue weighted by Gasteiger charge is 2.33. The highest BCUT2D eigenvalue weighted by molar-refractivity contribution is 7.91. The topological polar surface area (TPSA) is 149 Å². The summed E-state index contributed by atoms with van der Waals surface area (Å²) in [5.41, 5.74) is 0.938. The molecule has 2 aromatic heterocycles. The van der Waals surface area contributed by atoms with Gasteiger partial charge in [-0.2, -0.15) is 4.31 Å². The monoisotopic (exact) mass is 536 g/mol. The summed E-state index contributed by atoms with van der Waals surface area (Å²) in [5, 5.41) is 17.1. The molecule has 14 heteroatoms. The number of non-ortho nitro benzene ring substituents is 1. The van der Waals surface area contributed by atoms with E-state index in [0.717, 1.165) is 22.7 Å². The average Bonchev–Trinajstić information content (AvgIpc) is 3.56. The van der Waals surface area contributed by atoms with E-state index >= 15 is 0 Å². The van der Waals surface area contributed by atoms with Crippen LogP contribution in [0.3, 0.4) is 0 Å². The number of sulfonamides is 1. The molecule has 0 unspecified atom stereocenters. The van der Waals surface area contributed by atoms with E-state index < -0.39 is 39.3 Å². The molecule has 0 saturated carbocycles. The Balaban J connectivity index is 1.25. The number of piperidine rings is 1. The molecule has 0 aliphatic carbocycles. The third-order valence-corrected chi connectivity index (χ3v) is 9.35. The fourth-order valence-electron chi connectivity index (χ4n) is 3.52. The molecule has 0 atom stereocenters. The molecule has 3 heterocycles. The molecule has 1 fully saturated rings. The van der Waals surface area contributed by atoms with Crippen LogP contribution in [0, 0.1) is 16.0 Å². The van der Waals surface area contributed by atoms with Crippen LogP contribution in [0.1, 0.15) is 12.8 Å². The number of amides is 1. The fourth-order valence-corrected chi connectivity index (χ4v) is 6.87. The first kappa shape index (κ1) is 24.9. The quantitative estimate of drug-likeness (QED) is 0.262. The van der Waals surface area contributed by atoms with Gasteiger partial charge < -0.3 is 4.74 Å². The maximum atomic E-state index is 12.6. The minimum atomic E-state index is -3.56. The first-order valence-corrected chi connectivity index (χ1v) is 13.6. The maximum Gasteiger partial charge on any atom is 0.309 e. The minimum absolute atomic E-state index is 0.0667. The van der Waals surface area contributed by atoms with E-state index in [0.29, 0.717) is 24.1 Å². The van der Waals surface area contributed by atoms with Crippen molar-refractivity contribution in [3.05, 3.63) is 57.3 Å². The smallest absolute Gasteiger partial charge is 0.309 e. The first-order chi connectivity index (χ1) is 16.7. The molecule has 0 spiro atoms. The Kier molecular flexibility index (Phi) is 7.54. The standard InChI is InChI=1S/C21H20N4O7S3/c26-18(23-21-22-17(13-34-21)15-3-1-4-16(11-15)25(28)29)12-32-20(27)14-6-8-24(9-7-14)35(30,31)19-5-2-10-33-19/h1-5,10-11,13-14H,6-9,12H2,(H,22,23,26). The molecule has 1 saturated heterocycles. The number of anilines is 1. The van der Waals surface area contributed by atoms with Gasteiger partial charge in [0.05, 0.1) is 16.5 Å². The molecule has 11 nitrogen and oxygen atoms in total. The van der Waals surface area contributed by atoms with Crippen molar-refractivity contribution in [1.29, 1.82) is 0 Å². The van der Waals surface area contributed by atoms with E-state index in [2.05, 4.69) is 10.3 Å². The number of thiazole rings is 1. The van der Waals surface area contributed by atoms with Crippen LogP contribution in [0.2, 0.25) is 0 Å². The van der Waals surface area contributed by atoms with Gasteiger partial charge in [0.1, 0.15) is 4.21 Å². The predicted octanol–water partition coefficient (Wildman–Crippen LogP) is 3.36. The Morgan fingerprint density at radius 3 is 2.66 bits per heavy atom. The van der Waals surface area contributed by atoms with Gasteiger partial charge in [-0.15, -0.1) is 22.7 Å². The van der Waals surface area contributed by atoms with Crippen molar-refractivity contribution in [3.63, 3.8) is 0 Å². The lowest BCUT2D eigenvalue weighted by Gasteiger charge is -2.29. The van der Waals surface area contributed by atoms with E-state index in [1.54, 1.807) is 35.0 Å². The van der Waals surface area contributed by atoms with Crippen molar-refractivity contribution in [1.82, 2.24) is 9.29 Å². The van der Waals surface area contributed by atoms with Crippen LogP contribution in [0.15, 0.2) is 51.4 Å². The molecule has 0 bridgehead atoms. The number of aromatic nitrogens is 1. The summed E-state index contributed by atoms with van der Waals surface area (Å²) in [6, 6.07) is 9.21. The highest BCUT2D eigenvalue weighted by atomic mass is 32.2. The summed E-state index contributed by atoms with van der Waals surface area (Å²) in [7, 11) is -3.56. The Morgan fingerprint density at radius 2 is 1.97 bits per heavy atom.